The van der Waals surface area contributed by atoms with Crippen LogP contribution in [0.1, 0.15) is 27.7 Å². The van der Waals surface area contributed by atoms with Crippen LogP contribution in [-0.2, 0) is 11.3 Å². The van der Waals surface area contributed by atoms with Crippen molar-refractivity contribution in [2.75, 3.05) is 5.32 Å². The Morgan fingerprint density at radius 2 is 2.25 bits per heavy atom. The number of nitrogens with one attached hydrogen (secondary N) is 1. The maximum absolute atomic E-state index is 10.7. The second-order valence-corrected chi connectivity index (χ2v) is 5.10. The van der Waals surface area contributed by atoms with Crippen molar-refractivity contribution in [1.29, 1.82) is 0 Å². The second kappa shape index (κ2) is 4.55. The minimum absolute atomic E-state index is 0.117. The zero-order chi connectivity index (χ0) is 12.3. The van der Waals surface area contributed by atoms with Crippen LogP contribution in [0.15, 0.2) is 12.3 Å². The third-order valence-corrected chi connectivity index (χ3v) is 2.62. The van der Waals surface area contributed by atoms with Gasteiger partial charge >= 0.3 is 0 Å². The molecule has 0 spiro atoms. The fourth-order valence-electron chi connectivity index (χ4n) is 1.12. The average Bonchev–Trinajstić information content (AvgIpc) is 2.49. The highest BCUT2D eigenvalue weighted by molar-refractivity contribution is 5.73. The van der Waals surface area contributed by atoms with E-state index in [-0.39, 0.29) is 12.0 Å². The lowest BCUT2D eigenvalue weighted by Crippen LogP contribution is -2.31. The maximum Gasteiger partial charge on any atom is 0.239 e. The summed E-state index contributed by atoms with van der Waals surface area (Å²) in [4.78, 5) is 10.7. The number of anilines is 1. The molecule has 1 heterocycles. The van der Waals surface area contributed by atoms with E-state index in [1.165, 1.54) is 4.68 Å². The van der Waals surface area contributed by atoms with Crippen molar-refractivity contribution >= 4 is 11.7 Å². The van der Waals surface area contributed by atoms with Gasteiger partial charge in [0.15, 0.2) is 0 Å². The topological polar surface area (TPSA) is 72.9 Å². The smallest absolute Gasteiger partial charge is 0.239 e. The Hall–Kier alpha value is -1.52. The third kappa shape index (κ3) is 3.56. The standard InChI is InChI=1S/C11H20N4O/c1-8(11(2,3)4)13-10-5-6-15(14-10)7-9(12)16/h5-6,8H,7H2,1-4H3,(H2,12,16)(H,13,14). The molecule has 0 saturated heterocycles. The molecule has 16 heavy (non-hydrogen) atoms. The fourth-order valence-corrected chi connectivity index (χ4v) is 1.12. The van der Waals surface area contributed by atoms with Crippen LogP contribution in [0, 0.1) is 5.41 Å². The van der Waals surface area contributed by atoms with Gasteiger partial charge in [-0.25, -0.2) is 0 Å². The van der Waals surface area contributed by atoms with Gasteiger partial charge in [-0.15, -0.1) is 0 Å². The first-order valence-corrected chi connectivity index (χ1v) is 5.37. The van der Waals surface area contributed by atoms with Crippen molar-refractivity contribution < 1.29 is 4.79 Å². The van der Waals surface area contributed by atoms with Crippen molar-refractivity contribution in [2.24, 2.45) is 11.1 Å². The van der Waals surface area contributed by atoms with Crippen LogP contribution in [0.4, 0.5) is 5.82 Å². The summed E-state index contributed by atoms with van der Waals surface area (Å²) in [6.07, 6.45) is 1.74. The number of hydrogen-bond acceptors (Lipinski definition) is 3. The van der Waals surface area contributed by atoms with Gasteiger partial charge in [-0.3, -0.25) is 9.48 Å². The lowest BCUT2D eigenvalue weighted by atomic mass is 9.88. The second-order valence-electron chi connectivity index (χ2n) is 5.10. The van der Waals surface area contributed by atoms with E-state index in [9.17, 15) is 4.79 Å². The van der Waals surface area contributed by atoms with E-state index in [1.807, 2.05) is 6.07 Å². The van der Waals surface area contributed by atoms with Crippen LogP contribution in [0.25, 0.3) is 0 Å². The summed E-state index contributed by atoms with van der Waals surface area (Å²) < 4.78 is 1.53. The highest BCUT2D eigenvalue weighted by Crippen LogP contribution is 2.21. The van der Waals surface area contributed by atoms with E-state index in [2.05, 4.69) is 38.1 Å². The predicted molar refractivity (Wildman–Crippen MR) is 64.0 cm³/mol. The van der Waals surface area contributed by atoms with E-state index in [0.29, 0.717) is 6.04 Å². The Labute approximate surface area is 96.0 Å². The van der Waals surface area contributed by atoms with Crippen molar-refractivity contribution in [1.82, 2.24) is 9.78 Å². The van der Waals surface area contributed by atoms with Crippen LogP contribution in [0.3, 0.4) is 0 Å². The maximum atomic E-state index is 10.7. The molecule has 0 aliphatic rings. The molecule has 0 fully saturated rings. The van der Waals surface area contributed by atoms with Crippen molar-refractivity contribution in [3.63, 3.8) is 0 Å². The number of rotatable bonds is 4. The molecule has 1 aromatic rings. The summed E-state index contributed by atoms with van der Waals surface area (Å²) in [7, 11) is 0. The Morgan fingerprint density at radius 3 is 2.75 bits per heavy atom. The molecule has 1 amide bonds. The third-order valence-electron chi connectivity index (χ3n) is 2.62. The van der Waals surface area contributed by atoms with Crippen LogP contribution >= 0.6 is 0 Å². The van der Waals surface area contributed by atoms with Crippen molar-refractivity contribution in [3.05, 3.63) is 12.3 Å². The monoisotopic (exact) mass is 224 g/mol. The highest BCUT2D eigenvalue weighted by atomic mass is 16.1. The molecule has 0 aromatic carbocycles. The molecule has 1 atom stereocenters. The number of carbonyl (C=O) groups excluding carboxylic acids is 1. The molecule has 5 heteroatoms. The summed E-state index contributed by atoms with van der Waals surface area (Å²) in [5.74, 6) is 0.377. The van der Waals surface area contributed by atoms with Gasteiger partial charge in [-0.05, 0) is 12.3 Å². The van der Waals surface area contributed by atoms with E-state index in [4.69, 9.17) is 5.73 Å². The molecule has 90 valence electrons. The fraction of sp³-hybridized carbons (Fsp3) is 0.636. The summed E-state index contributed by atoms with van der Waals surface area (Å²) in [6.45, 7) is 8.69. The minimum atomic E-state index is -0.390. The van der Waals surface area contributed by atoms with Gasteiger partial charge < -0.3 is 11.1 Å². The first-order valence-electron chi connectivity index (χ1n) is 5.37. The molecular formula is C11H20N4O. The lowest BCUT2D eigenvalue weighted by Gasteiger charge is -2.27. The molecule has 1 unspecified atom stereocenters. The largest absolute Gasteiger partial charge is 0.368 e. The van der Waals surface area contributed by atoms with Crippen LogP contribution < -0.4 is 11.1 Å². The number of carbonyl (C=O) groups is 1. The van der Waals surface area contributed by atoms with Crippen LogP contribution in [-0.4, -0.2) is 21.7 Å². The van der Waals surface area contributed by atoms with Gasteiger partial charge in [0.05, 0.1) is 0 Å². The number of amides is 1. The Bertz CT molecular complexity index is 364. The van der Waals surface area contributed by atoms with Gasteiger partial charge in [0, 0.05) is 18.3 Å². The van der Waals surface area contributed by atoms with Crippen molar-refractivity contribution in [3.8, 4) is 0 Å². The first-order chi connectivity index (χ1) is 7.29. The Morgan fingerprint density at radius 1 is 1.62 bits per heavy atom. The van der Waals surface area contributed by atoms with Gasteiger partial charge in [0.25, 0.3) is 0 Å². The molecular weight excluding hydrogens is 204 g/mol. The first kappa shape index (κ1) is 12.5. The number of aromatic nitrogens is 2. The average molecular weight is 224 g/mol. The minimum Gasteiger partial charge on any atom is -0.368 e. The molecule has 1 rings (SSSR count). The summed E-state index contributed by atoms with van der Waals surface area (Å²) in [5, 5.41) is 7.50. The normalized spacial score (nSPS) is 13.5. The van der Waals surface area contributed by atoms with Crippen LogP contribution in [0.2, 0.25) is 0 Å². The highest BCUT2D eigenvalue weighted by Gasteiger charge is 2.20. The lowest BCUT2D eigenvalue weighted by molar-refractivity contribution is -0.118. The van der Waals surface area contributed by atoms with Gasteiger partial charge in [0.1, 0.15) is 12.4 Å². The molecule has 3 N–H and O–H groups in total. The van der Waals surface area contributed by atoms with Gasteiger partial charge in [-0.2, -0.15) is 5.10 Å². The molecule has 0 aliphatic carbocycles. The number of primary amides is 1. The molecule has 0 bridgehead atoms. The van der Waals surface area contributed by atoms with E-state index in [1.54, 1.807) is 6.20 Å². The molecule has 0 saturated carbocycles. The zero-order valence-corrected chi connectivity index (χ0v) is 10.3. The molecule has 5 nitrogen and oxygen atoms in total. The zero-order valence-electron chi connectivity index (χ0n) is 10.3. The summed E-state index contributed by atoms with van der Waals surface area (Å²) in [6, 6.07) is 2.13. The number of nitrogens with two attached hydrogens (primary N) is 1. The predicted octanol–water partition coefficient (Wildman–Crippen LogP) is 1.21. The van der Waals surface area contributed by atoms with Gasteiger partial charge in [0.2, 0.25) is 5.91 Å². The Balaban J connectivity index is 2.62. The quantitative estimate of drug-likeness (QED) is 0.807. The van der Waals surface area contributed by atoms with E-state index in [0.717, 1.165) is 5.82 Å². The SMILES string of the molecule is CC(Nc1ccn(CC(N)=O)n1)C(C)(C)C. The molecule has 0 radical (unpaired) electrons. The summed E-state index contributed by atoms with van der Waals surface area (Å²) >= 11 is 0. The van der Waals surface area contributed by atoms with E-state index < -0.39 is 5.91 Å². The Kier molecular flexibility index (Phi) is 3.57. The van der Waals surface area contributed by atoms with E-state index >= 15 is 0 Å². The molecule has 1 aromatic heterocycles. The molecule has 0 aliphatic heterocycles. The van der Waals surface area contributed by atoms with Crippen LogP contribution in [0.5, 0.6) is 0 Å². The number of nitrogens with zero attached hydrogens (tertiary/aromatic N) is 2. The number of hydrogen-bond donors (Lipinski definition) is 2. The van der Waals surface area contributed by atoms with Crippen molar-refractivity contribution in [2.45, 2.75) is 40.3 Å². The van der Waals surface area contributed by atoms with Gasteiger partial charge in [-0.1, -0.05) is 20.8 Å². The summed E-state index contributed by atoms with van der Waals surface area (Å²) in [5.41, 5.74) is 5.24.